The van der Waals surface area contributed by atoms with Crippen LogP contribution in [0.1, 0.15) is 60.5 Å². The molecule has 10 nitrogen and oxygen atoms in total. The highest BCUT2D eigenvalue weighted by atomic mass is 32.2. The lowest BCUT2D eigenvalue weighted by Gasteiger charge is -2.33. The van der Waals surface area contributed by atoms with Gasteiger partial charge in [0.25, 0.3) is 0 Å². The zero-order chi connectivity index (χ0) is 27.7. The molecule has 2 aliphatic rings. The van der Waals surface area contributed by atoms with E-state index in [1.165, 1.54) is 24.3 Å². The van der Waals surface area contributed by atoms with Gasteiger partial charge in [-0.15, -0.1) is 0 Å². The Bertz CT molecular complexity index is 1610. The van der Waals surface area contributed by atoms with Gasteiger partial charge in [-0.1, -0.05) is 0 Å². The van der Waals surface area contributed by atoms with E-state index in [9.17, 15) is 18.3 Å². The zero-order valence-electron chi connectivity index (χ0n) is 22.1. The van der Waals surface area contributed by atoms with Gasteiger partial charge in [0.05, 0.1) is 29.4 Å². The predicted molar refractivity (Wildman–Crippen MR) is 151 cm³/mol. The van der Waals surface area contributed by atoms with E-state index in [-0.39, 0.29) is 29.1 Å². The summed E-state index contributed by atoms with van der Waals surface area (Å²) in [7, 11) is -3.60. The number of hydrogen-bond donors (Lipinski definition) is 3. The number of aromatic carboxylic acids is 1. The van der Waals surface area contributed by atoms with Crippen molar-refractivity contribution in [3.8, 4) is 5.75 Å². The maximum atomic E-state index is 13.8. The second kappa shape index (κ2) is 11.1. The van der Waals surface area contributed by atoms with Crippen LogP contribution < -0.4 is 10.1 Å². The van der Waals surface area contributed by atoms with E-state index >= 15 is 0 Å². The fourth-order valence-electron chi connectivity index (χ4n) is 6.32. The molecule has 0 spiro atoms. The Morgan fingerprint density at radius 3 is 2.58 bits per heavy atom. The summed E-state index contributed by atoms with van der Waals surface area (Å²) < 4.78 is 33.8. The number of ether oxygens (including phenoxy) is 1. The number of rotatable bonds is 8. The summed E-state index contributed by atoms with van der Waals surface area (Å²) in [6.45, 7) is 1.44. The molecular formula is C29H33N5O5S. The van der Waals surface area contributed by atoms with Gasteiger partial charge in [-0.05, 0) is 87.2 Å². The molecule has 0 radical (unpaired) electrons. The van der Waals surface area contributed by atoms with Gasteiger partial charge in [0.2, 0.25) is 5.44 Å². The summed E-state index contributed by atoms with van der Waals surface area (Å²) in [5.41, 5.74) is 1.81. The number of benzene rings is 1. The number of piperidine rings is 1. The Morgan fingerprint density at radius 1 is 1.05 bits per heavy atom. The lowest BCUT2D eigenvalue weighted by Crippen LogP contribution is -2.45. The number of sulfone groups is 1. The first kappa shape index (κ1) is 26.6. The molecule has 3 aromatic heterocycles. The highest BCUT2D eigenvalue weighted by molar-refractivity contribution is 7.91. The van der Waals surface area contributed by atoms with Gasteiger partial charge in [0, 0.05) is 35.1 Å². The molecule has 1 aromatic carbocycles. The molecule has 0 bridgehead atoms. The topological polar surface area (TPSA) is 147 Å². The van der Waals surface area contributed by atoms with Crippen molar-refractivity contribution in [2.75, 3.05) is 18.8 Å². The second-order valence-electron chi connectivity index (χ2n) is 11.0. The van der Waals surface area contributed by atoms with Crippen molar-refractivity contribution in [2.45, 2.75) is 49.9 Å². The molecule has 2 atom stereocenters. The van der Waals surface area contributed by atoms with Gasteiger partial charge in [0.15, 0.2) is 15.5 Å². The number of aromatic nitrogens is 4. The average molecular weight is 564 g/mol. The fraction of sp³-hybridized carbons (Fsp3) is 0.448. The Labute approximate surface area is 232 Å². The van der Waals surface area contributed by atoms with Gasteiger partial charge < -0.3 is 20.1 Å². The third-order valence-electron chi connectivity index (χ3n) is 8.36. The molecule has 4 aromatic rings. The molecule has 2 fully saturated rings. The van der Waals surface area contributed by atoms with Crippen LogP contribution in [0.5, 0.6) is 5.75 Å². The molecule has 210 valence electrons. The van der Waals surface area contributed by atoms with Gasteiger partial charge in [-0.2, -0.15) is 0 Å². The van der Waals surface area contributed by atoms with Crippen molar-refractivity contribution in [3.05, 3.63) is 60.3 Å². The third kappa shape index (κ3) is 5.40. The second-order valence-corrected chi connectivity index (χ2v) is 13.1. The fourth-order valence-corrected chi connectivity index (χ4v) is 8.58. The Balaban J connectivity index is 1.18. The van der Waals surface area contributed by atoms with Gasteiger partial charge in [-0.3, -0.25) is 0 Å². The molecule has 1 saturated heterocycles. The number of nitrogens with one attached hydrogen (secondary N) is 2. The van der Waals surface area contributed by atoms with E-state index in [4.69, 9.17) is 4.74 Å². The highest BCUT2D eigenvalue weighted by Gasteiger charge is 2.39. The minimum Gasteiger partial charge on any atom is -0.478 e. The monoisotopic (exact) mass is 563 g/mol. The quantitative estimate of drug-likeness (QED) is 0.285. The number of fused-ring (bicyclic) bond motifs is 3. The summed E-state index contributed by atoms with van der Waals surface area (Å²) in [5.74, 6) is -0.429. The molecule has 40 heavy (non-hydrogen) atoms. The minimum absolute atomic E-state index is 0.0497. The van der Waals surface area contributed by atoms with Crippen molar-refractivity contribution in [3.63, 3.8) is 0 Å². The van der Waals surface area contributed by atoms with Crippen LogP contribution >= 0.6 is 0 Å². The van der Waals surface area contributed by atoms with Crippen LogP contribution in [-0.4, -0.2) is 63.7 Å². The standard InChI is InChI=1S/C29H33N5O5S/c35-28(36)20-7-9-22(10-8-20)39-29(21-2-1-12-30-14-21)40(37,38)16-18-3-5-19(6-4-18)26-25-23-11-13-31-27(23)32-15-24(25)33-17-34-26/h7-11,13,15,17-19,21,29-30H,1-6,12,14,16H2,(H,33,34)(H,35,36). The molecule has 1 aliphatic heterocycles. The largest absolute Gasteiger partial charge is 0.478 e. The predicted octanol–water partition coefficient (Wildman–Crippen LogP) is 4.30. The first-order chi connectivity index (χ1) is 19.4. The van der Waals surface area contributed by atoms with Gasteiger partial charge in [-0.25, -0.2) is 28.2 Å². The summed E-state index contributed by atoms with van der Waals surface area (Å²) in [6.07, 6.45) is 10.2. The molecule has 0 amide bonds. The number of hydrogen-bond acceptors (Lipinski definition) is 8. The lowest BCUT2D eigenvalue weighted by molar-refractivity contribution is 0.0696. The van der Waals surface area contributed by atoms with Crippen LogP contribution in [0, 0.1) is 11.8 Å². The van der Waals surface area contributed by atoms with Crippen molar-refractivity contribution in [1.82, 2.24) is 25.3 Å². The van der Waals surface area contributed by atoms with Crippen LogP contribution in [0.2, 0.25) is 0 Å². The number of pyridine rings is 1. The number of carboxylic acids is 1. The molecular weight excluding hydrogens is 530 g/mol. The van der Waals surface area contributed by atoms with Crippen LogP contribution in [0.4, 0.5) is 0 Å². The summed E-state index contributed by atoms with van der Waals surface area (Å²) in [4.78, 5) is 27.8. The normalized spacial score (nSPS) is 22.8. The number of H-pyrrole nitrogens is 1. The molecule has 2 unspecified atom stereocenters. The number of nitrogens with zero attached hydrogens (tertiary/aromatic N) is 3. The SMILES string of the molecule is O=C(O)c1ccc(OC(C2CCCNC2)S(=O)(=O)CC2CCC(c3[nH]cnc4cnc5nccc5c34)CC2)cc1. The highest BCUT2D eigenvalue weighted by Crippen LogP contribution is 2.40. The van der Waals surface area contributed by atoms with Crippen molar-refractivity contribution >= 4 is 37.7 Å². The van der Waals surface area contributed by atoms with Crippen LogP contribution in [-0.2, 0) is 9.84 Å². The maximum absolute atomic E-state index is 13.8. The van der Waals surface area contributed by atoms with Crippen LogP contribution in [0.3, 0.4) is 0 Å². The Kier molecular flexibility index (Phi) is 7.41. The molecule has 1 saturated carbocycles. The molecule has 11 heteroatoms. The average Bonchev–Trinajstić information content (AvgIpc) is 3.46. The third-order valence-corrected chi connectivity index (χ3v) is 10.5. The smallest absolute Gasteiger partial charge is 0.335 e. The van der Waals surface area contributed by atoms with E-state index in [0.717, 1.165) is 67.1 Å². The van der Waals surface area contributed by atoms with Crippen LogP contribution in [0.25, 0.3) is 21.9 Å². The molecule has 1 aliphatic carbocycles. The Morgan fingerprint density at radius 2 is 1.85 bits per heavy atom. The van der Waals surface area contributed by atoms with Crippen molar-refractivity contribution < 1.29 is 23.1 Å². The van der Waals surface area contributed by atoms with Crippen molar-refractivity contribution in [1.29, 1.82) is 0 Å². The van der Waals surface area contributed by atoms with Crippen molar-refractivity contribution in [2.24, 2.45) is 11.8 Å². The van der Waals surface area contributed by atoms with Gasteiger partial charge in [0.1, 0.15) is 5.75 Å². The summed E-state index contributed by atoms with van der Waals surface area (Å²) >= 11 is 0. The zero-order valence-corrected chi connectivity index (χ0v) is 22.9. The minimum atomic E-state index is -3.60. The molecule has 4 heterocycles. The van der Waals surface area contributed by atoms with E-state index in [0.29, 0.717) is 17.9 Å². The number of carboxylic acid groups (broad SMARTS) is 1. The van der Waals surface area contributed by atoms with E-state index in [2.05, 4.69) is 25.3 Å². The Hall–Kier alpha value is -3.57. The lowest BCUT2D eigenvalue weighted by atomic mass is 9.80. The summed E-state index contributed by atoms with van der Waals surface area (Å²) in [6, 6.07) is 7.93. The maximum Gasteiger partial charge on any atom is 0.335 e. The van der Waals surface area contributed by atoms with Crippen LogP contribution in [0.15, 0.2) is 49.1 Å². The first-order valence-electron chi connectivity index (χ1n) is 13.9. The number of carbonyl (C=O) groups is 1. The van der Waals surface area contributed by atoms with E-state index in [1.54, 1.807) is 18.7 Å². The first-order valence-corrected chi connectivity index (χ1v) is 15.6. The molecule has 6 rings (SSSR count). The van der Waals surface area contributed by atoms with Gasteiger partial charge >= 0.3 is 5.97 Å². The summed E-state index contributed by atoms with van der Waals surface area (Å²) in [5, 5.41) is 14.5. The number of aromatic amines is 1. The molecule has 3 N–H and O–H groups in total. The van der Waals surface area contributed by atoms with E-state index < -0.39 is 21.2 Å². The van der Waals surface area contributed by atoms with E-state index in [1.807, 2.05) is 6.07 Å².